The molecule has 0 saturated heterocycles. The molecule has 0 fully saturated rings. The predicted molar refractivity (Wildman–Crippen MR) is 88.1 cm³/mol. The number of aryl methyl sites for hydroxylation is 2. The van der Waals surface area contributed by atoms with E-state index in [1.165, 1.54) is 11.3 Å². The van der Waals surface area contributed by atoms with Crippen LogP contribution in [0.25, 0.3) is 11.3 Å². The van der Waals surface area contributed by atoms with Gasteiger partial charge in [-0.1, -0.05) is 30.3 Å². The first kappa shape index (κ1) is 14.5. The molecule has 1 aromatic carbocycles. The SMILES string of the molecule is CCn1nc(C)cc1C(=O)Nc1nc(-c2ccccc2)cs1. The number of hydrogen-bond acceptors (Lipinski definition) is 4. The van der Waals surface area contributed by atoms with Crippen molar-refractivity contribution in [3.63, 3.8) is 0 Å². The predicted octanol–water partition coefficient (Wildman–Crippen LogP) is 3.59. The molecule has 6 heteroatoms. The molecule has 0 aliphatic heterocycles. The molecule has 0 aliphatic rings. The fraction of sp³-hybridized carbons (Fsp3) is 0.188. The zero-order valence-corrected chi connectivity index (χ0v) is 13.2. The molecule has 2 aromatic heterocycles. The molecule has 22 heavy (non-hydrogen) atoms. The van der Waals surface area contributed by atoms with Gasteiger partial charge in [-0.3, -0.25) is 14.8 Å². The minimum atomic E-state index is -0.184. The van der Waals surface area contributed by atoms with E-state index in [0.29, 0.717) is 17.4 Å². The largest absolute Gasteiger partial charge is 0.296 e. The number of thiazole rings is 1. The molecule has 0 saturated carbocycles. The maximum Gasteiger partial charge on any atom is 0.275 e. The summed E-state index contributed by atoms with van der Waals surface area (Å²) >= 11 is 1.41. The number of aromatic nitrogens is 3. The molecule has 3 rings (SSSR count). The average molecular weight is 312 g/mol. The van der Waals surface area contributed by atoms with E-state index in [4.69, 9.17) is 0 Å². The van der Waals surface area contributed by atoms with Crippen LogP contribution < -0.4 is 5.32 Å². The van der Waals surface area contributed by atoms with Crippen LogP contribution in [-0.2, 0) is 6.54 Å². The summed E-state index contributed by atoms with van der Waals surface area (Å²) in [5.74, 6) is -0.184. The molecule has 1 N–H and O–H groups in total. The van der Waals surface area contributed by atoms with E-state index in [0.717, 1.165) is 17.0 Å². The molecule has 0 aliphatic carbocycles. The van der Waals surface area contributed by atoms with Gasteiger partial charge >= 0.3 is 0 Å². The van der Waals surface area contributed by atoms with Crippen molar-refractivity contribution in [1.29, 1.82) is 0 Å². The highest BCUT2D eigenvalue weighted by molar-refractivity contribution is 7.14. The van der Waals surface area contributed by atoms with Gasteiger partial charge in [-0.25, -0.2) is 4.98 Å². The summed E-state index contributed by atoms with van der Waals surface area (Å²) in [5.41, 5.74) is 3.28. The van der Waals surface area contributed by atoms with Gasteiger partial charge in [-0.05, 0) is 19.9 Å². The number of nitrogens with zero attached hydrogens (tertiary/aromatic N) is 3. The van der Waals surface area contributed by atoms with Crippen molar-refractivity contribution >= 4 is 22.4 Å². The van der Waals surface area contributed by atoms with Gasteiger partial charge in [0.15, 0.2) is 5.13 Å². The van der Waals surface area contributed by atoms with Crippen LogP contribution in [0.1, 0.15) is 23.1 Å². The molecule has 0 atom stereocenters. The summed E-state index contributed by atoms with van der Waals surface area (Å²) in [5, 5.41) is 9.65. The van der Waals surface area contributed by atoms with Gasteiger partial charge in [0.2, 0.25) is 0 Å². The van der Waals surface area contributed by atoms with Crippen LogP contribution in [-0.4, -0.2) is 20.7 Å². The Morgan fingerprint density at radius 2 is 2.09 bits per heavy atom. The molecule has 0 radical (unpaired) electrons. The zero-order chi connectivity index (χ0) is 15.5. The lowest BCUT2D eigenvalue weighted by Gasteiger charge is -2.03. The van der Waals surface area contributed by atoms with Crippen LogP contribution in [0.2, 0.25) is 0 Å². The molecule has 5 nitrogen and oxygen atoms in total. The Morgan fingerprint density at radius 3 is 2.82 bits per heavy atom. The van der Waals surface area contributed by atoms with Crippen LogP contribution in [0, 0.1) is 6.92 Å². The van der Waals surface area contributed by atoms with Crippen molar-refractivity contribution < 1.29 is 4.79 Å². The fourth-order valence-electron chi connectivity index (χ4n) is 2.20. The number of hydrogen-bond donors (Lipinski definition) is 1. The molecule has 0 bridgehead atoms. The lowest BCUT2D eigenvalue weighted by atomic mass is 10.2. The molecule has 2 heterocycles. The second-order valence-electron chi connectivity index (χ2n) is 4.84. The summed E-state index contributed by atoms with van der Waals surface area (Å²) < 4.78 is 1.69. The molecule has 3 aromatic rings. The number of anilines is 1. The lowest BCUT2D eigenvalue weighted by molar-refractivity contribution is 0.101. The smallest absolute Gasteiger partial charge is 0.275 e. The van der Waals surface area contributed by atoms with Gasteiger partial charge in [0.05, 0.1) is 11.4 Å². The number of carbonyl (C=O) groups excluding carboxylic acids is 1. The first-order chi connectivity index (χ1) is 10.7. The Morgan fingerprint density at radius 1 is 1.32 bits per heavy atom. The normalized spacial score (nSPS) is 10.6. The van der Waals surface area contributed by atoms with Crippen molar-refractivity contribution in [3.05, 3.63) is 53.2 Å². The third kappa shape index (κ3) is 2.92. The average Bonchev–Trinajstić information content (AvgIpc) is 3.14. The van der Waals surface area contributed by atoms with Gasteiger partial charge < -0.3 is 0 Å². The quantitative estimate of drug-likeness (QED) is 0.801. The maximum absolute atomic E-state index is 12.3. The number of rotatable bonds is 4. The van der Waals surface area contributed by atoms with E-state index in [9.17, 15) is 4.79 Å². The summed E-state index contributed by atoms with van der Waals surface area (Å²) in [6.07, 6.45) is 0. The molecular formula is C16H16N4OS. The first-order valence-electron chi connectivity index (χ1n) is 7.04. The molecular weight excluding hydrogens is 296 g/mol. The number of benzene rings is 1. The monoisotopic (exact) mass is 312 g/mol. The van der Waals surface area contributed by atoms with Crippen molar-refractivity contribution in [3.8, 4) is 11.3 Å². The van der Waals surface area contributed by atoms with Crippen molar-refractivity contribution in [2.75, 3.05) is 5.32 Å². The van der Waals surface area contributed by atoms with Gasteiger partial charge in [0, 0.05) is 17.5 Å². The van der Waals surface area contributed by atoms with E-state index in [-0.39, 0.29) is 5.91 Å². The van der Waals surface area contributed by atoms with E-state index in [1.807, 2.05) is 49.6 Å². The fourth-order valence-corrected chi connectivity index (χ4v) is 2.92. The summed E-state index contributed by atoms with van der Waals surface area (Å²) in [6.45, 7) is 4.49. The third-order valence-electron chi connectivity index (χ3n) is 3.23. The molecule has 112 valence electrons. The first-order valence-corrected chi connectivity index (χ1v) is 7.92. The molecule has 0 unspecified atom stereocenters. The van der Waals surface area contributed by atoms with Crippen LogP contribution in [0.5, 0.6) is 0 Å². The highest BCUT2D eigenvalue weighted by Crippen LogP contribution is 2.24. The van der Waals surface area contributed by atoms with E-state index in [2.05, 4.69) is 15.4 Å². The number of carbonyl (C=O) groups is 1. The van der Waals surface area contributed by atoms with Crippen molar-refractivity contribution in [2.45, 2.75) is 20.4 Å². The van der Waals surface area contributed by atoms with Gasteiger partial charge in [0.25, 0.3) is 5.91 Å². The summed E-state index contributed by atoms with van der Waals surface area (Å²) in [4.78, 5) is 16.8. The van der Waals surface area contributed by atoms with Gasteiger partial charge in [-0.15, -0.1) is 11.3 Å². The van der Waals surface area contributed by atoms with Gasteiger partial charge in [0.1, 0.15) is 5.69 Å². The van der Waals surface area contributed by atoms with Crippen LogP contribution in [0.4, 0.5) is 5.13 Å². The highest BCUT2D eigenvalue weighted by Gasteiger charge is 2.15. The van der Waals surface area contributed by atoms with Crippen LogP contribution in [0.15, 0.2) is 41.8 Å². The van der Waals surface area contributed by atoms with E-state index in [1.54, 1.807) is 10.7 Å². The van der Waals surface area contributed by atoms with Gasteiger partial charge in [-0.2, -0.15) is 5.10 Å². The van der Waals surface area contributed by atoms with Crippen molar-refractivity contribution in [2.24, 2.45) is 0 Å². The number of nitrogens with one attached hydrogen (secondary N) is 1. The second kappa shape index (κ2) is 6.11. The topological polar surface area (TPSA) is 59.8 Å². The third-order valence-corrected chi connectivity index (χ3v) is 3.99. The Labute approximate surface area is 132 Å². The Kier molecular flexibility index (Phi) is 4.02. The maximum atomic E-state index is 12.3. The Balaban J connectivity index is 1.79. The Bertz CT molecular complexity index is 792. The summed E-state index contributed by atoms with van der Waals surface area (Å²) in [7, 11) is 0. The summed E-state index contributed by atoms with van der Waals surface area (Å²) in [6, 6.07) is 11.7. The van der Waals surface area contributed by atoms with Crippen molar-refractivity contribution in [1.82, 2.24) is 14.8 Å². The lowest BCUT2D eigenvalue weighted by Crippen LogP contribution is -2.17. The van der Waals surface area contributed by atoms with E-state index < -0.39 is 0 Å². The molecule has 1 amide bonds. The standard InChI is InChI=1S/C16H16N4OS/c1-3-20-14(9-11(2)19-20)15(21)18-16-17-13(10-22-16)12-7-5-4-6-8-12/h4-10H,3H2,1-2H3,(H,17,18,21). The van der Waals surface area contributed by atoms with E-state index >= 15 is 0 Å². The van der Waals surface area contributed by atoms with Crippen LogP contribution >= 0.6 is 11.3 Å². The second-order valence-corrected chi connectivity index (χ2v) is 5.70. The minimum Gasteiger partial charge on any atom is -0.296 e. The molecule has 0 spiro atoms. The highest BCUT2D eigenvalue weighted by atomic mass is 32.1. The number of amides is 1. The Hall–Kier alpha value is -2.47. The zero-order valence-electron chi connectivity index (χ0n) is 12.4. The minimum absolute atomic E-state index is 0.184. The van der Waals surface area contributed by atoms with Crippen LogP contribution in [0.3, 0.4) is 0 Å².